The van der Waals surface area contributed by atoms with Crippen LogP contribution in [0.5, 0.6) is 0 Å². The summed E-state index contributed by atoms with van der Waals surface area (Å²) in [7, 11) is -6.18. The molecule has 218 valence electrons. The first kappa shape index (κ1) is 34.7. The molecule has 0 fully saturated rings. The van der Waals surface area contributed by atoms with Crippen LogP contribution in [-0.2, 0) is 38.7 Å². The van der Waals surface area contributed by atoms with E-state index in [1.807, 2.05) is 0 Å². The van der Waals surface area contributed by atoms with E-state index in [-0.39, 0.29) is 6.92 Å². The first-order valence-corrected chi connectivity index (χ1v) is 11.4. The summed E-state index contributed by atoms with van der Waals surface area (Å²) in [6.07, 6.45) is -13.1. The topological polar surface area (TPSA) is 133 Å². The molecule has 0 spiro atoms. The first-order valence-electron chi connectivity index (χ1n) is 9.92. The summed E-state index contributed by atoms with van der Waals surface area (Å²) in [6, 6.07) is 0. The predicted molar refractivity (Wildman–Crippen MR) is 103 cm³/mol. The highest BCUT2D eigenvalue weighted by molar-refractivity contribution is 7.88. The van der Waals surface area contributed by atoms with E-state index in [0.29, 0.717) is 13.8 Å². The molecule has 0 radical (unpaired) electrons. The summed E-state index contributed by atoms with van der Waals surface area (Å²) in [6.45, 7) is -5.41. The molecule has 0 heterocycles. The number of carbonyl (C=O) groups is 3. The molecule has 3 unspecified atom stereocenters. The molecule has 9 nitrogen and oxygen atoms in total. The molecule has 0 rings (SSSR count). The fraction of sp³-hybridized carbons (Fsp3) is 0.833. The molecule has 0 aliphatic carbocycles. The number of halogens is 9. The monoisotopic (exact) mass is 586 g/mol. The van der Waals surface area contributed by atoms with Gasteiger partial charge in [0, 0.05) is 0 Å². The van der Waals surface area contributed by atoms with Crippen molar-refractivity contribution in [2.24, 2.45) is 0 Å². The number of hydrogen-bond acceptors (Lipinski definition) is 8. The Morgan fingerprint density at radius 3 is 1.19 bits per heavy atom. The highest BCUT2D eigenvalue weighted by Crippen LogP contribution is 2.32. The second-order valence-electron chi connectivity index (χ2n) is 7.85. The fourth-order valence-electron chi connectivity index (χ4n) is 2.05. The van der Waals surface area contributed by atoms with E-state index in [0.717, 1.165) is 0 Å². The second kappa shape index (κ2) is 12.5. The number of esters is 3. The molecule has 1 N–H and O–H groups in total. The van der Waals surface area contributed by atoms with Gasteiger partial charge in [0.05, 0.1) is 12.8 Å². The van der Waals surface area contributed by atoms with Crippen molar-refractivity contribution in [1.82, 2.24) is 0 Å². The molecular formula is C18H23F9O9S. The van der Waals surface area contributed by atoms with Crippen molar-refractivity contribution in [3.8, 4) is 0 Å². The van der Waals surface area contributed by atoms with Crippen LogP contribution in [0.15, 0.2) is 0 Å². The van der Waals surface area contributed by atoms with Crippen LogP contribution in [0, 0.1) is 0 Å². The highest BCUT2D eigenvalue weighted by atomic mass is 32.2. The Kier molecular flexibility index (Phi) is 11.7. The lowest BCUT2D eigenvalue weighted by atomic mass is 10.00. The van der Waals surface area contributed by atoms with E-state index in [9.17, 15) is 66.9 Å². The van der Waals surface area contributed by atoms with Crippen LogP contribution < -0.4 is 0 Å². The van der Waals surface area contributed by atoms with Crippen LogP contribution in [0.25, 0.3) is 0 Å². The number of ether oxygens (including phenoxy) is 3. The standard InChI is InChI=1S/C18H23F9O9S/c1-9(19)16(22,23)6-34-12(28)4-15(37(31,32)33,14(30)36-8-18(26,27)11(3)21)5-13(29)35-7-17(24,25)10(2)20/h9-11H,4-8H2,1-3H3,(H,31,32,33). The molecule has 0 amide bonds. The van der Waals surface area contributed by atoms with Crippen molar-refractivity contribution in [2.75, 3.05) is 19.8 Å². The Morgan fingerprint density at radius 1 is 0.676 bits per heavy atom. The molecule has 3 atom stereocenters. The van der Waals surface area contributed by atoms with Gasteiger partial charge in [-0.05, 0) is 20.8 Å². The zero-order valence-corrected chi connectivity index (χ0v) is 20.1. The predicted octanol–water partition coefficient (Wildman–Crippen LogP) is 3.00. The summed E-state index contributed by atoms with van der Waals surface area (Å²) in [5, 5.41) is 0. The van der Waals surface area contributed by atoms with E-state index in [1.54, 1.807) is 0 Å². The van der Waals surface area contributed by atoms with Crippen LogP contribution in [0.1, 0.15) is 33.6 Å². The summed E-state index contributed by atoms with van der Waals surface area (Å²) in [5.74, 6) is -20.1. The molecule has 0 aromatic rings. The van der Waals surface area contributed by atoms with Gasteiger partial charge in [-0.3, -0.25) is 18.9 Å². The molecular weight excluding hydrogens is 563 g/mol. The fourth-order valence-corrected chi connectivity index (χ4v) is 2.92. The molecule has 37 heavy (non-hydrogen) atoms. The average molecular weight is 586 g/mol. The van der Waals surface area contributed by atoms with Crippen molar-refractivity contribution >= 4 is 28.0 Å². The minimum Gasteiger partial charge on any atom is -0.459 e. The molecule has 0 saturated carbocycles. The second-order valence-corrected chi connectivity index (χ2v) is 9.58. The smallest absolute Gasteiger partial charge is 0.331 e. The summed E-state index contributed by atoms with van der Waals surface area (Å²) in [4.78, 5) is 36.4. The zero-order valence-electron chi connectivity index (χ0n) is 19.3. The van der Waals surface area contributed by atoms with Crippen LogP contribution >= 0.6 is 0 Å². The van der Waals surface area contributed by atoms with Gasteiger partial charge in [-0.15, -0.1) is 0 Å². The summed E-state index contributed by atoms with van der Waals surface area (Å²) >= 11 is 0. The number of carbonyl (C=O) groups excluding carboxylic acids is 3. The number of hydrogen-bond donors (Lipinski definition) is 1. The normalized spacial score (nSPS) is 17.2. The van der Waals surface area contributed by atoms with Gasteiger partial charge in [-0.25, -0.2) is 13.2 Å². The molecule has 0 saturated heterocycles. The molecule has 19 heteroatoms. The minimum atomic E-state index is -6.18. The van der Waals surface area contributed by atoms with Crippen molar-refractivity contribution in [3.05, 3.63) is 0 Å². The third-order valence-electron chi connectivity index (χ3n) is 4.72. The maximum absolute atomic E-state index is 13.5. The lowest BCUT2D eigenvalue weighted by Gasteiger charge is -2.28. The van der Waals surface area contributed by atoms with Crippen LogP contribution in [0.3, 0.4) is 0 Å². The largest absolute Gasteiger partial charge is 0.459 e. The van der Waals surface area contributed by atoms with Crippen molar-refractivity contribution in [2.45, 2.75) is 74.6 Å². The van der Waals surface area contributed by atoms with E-state index < -0.39 is 102 Å². The van der Waals surface area contributed by atoms with Gasteiger partial charge >= 0.3 is 35.7 Å². The van der Waals surface area contributed by atoms with Crippen molar-refractivity contribution in [1.29, 1.82) is 0 Å². The summed E-state index contributed by atoms with van der Waals surface area (Å²) in [5.41, 5.74) is 0. The molecule has 0 aliphatic rings. The Hall–Kier alpha value is -2.31. The van der Waals surface area contributed by atoms with E-state index in [2.05, 4.69) is 14.2 Å². The maximum atomic E-state index is 13.5. The van der Waals surface area contributed by atoms with Crippen LogP contribution in [0.2, 0.25) is 0 Å². The van der Waals surface area contributed by atoms with Crippen LogP contribution in [0.4, 0.5) is 39.5 Å². The lowest BCUT2D eigenvalue weighted by molar-refractivity contribution is -0.175. The average Bonchev–Trinajstić information content (AvgIpc) is 2.73. The van der Waals surface area contributed by atoms with Gasteiger partial charge in [0.15, 0.2) is 38.3 Å². The molecule has 0 aromatic heterocycles. The Morgan fingerprint density at radius 2 is 0.946 bits per heavy atom. The third kappa shape index (κ3) is 9.82. The minimum absolute atomic E-state index is 0.288. The van der Waals surface area contributed by atoms with Gasteiger partial charge in [0.25, 0.3) is 10.1 Å². The third-order valence-corrected chi connectivity index (χ3v) is 6.16. The summed E-state index contributed by atoms with van der Waals surface area (Å²) < 4.78 is 160. The Balaban J connectivity index is 6.20. The molecule has 0 aromatic carbocycles. The lowest BCUT2D eigenvalue weighted by Crippen LogP contribution is -2.52. The van der Waals surface area contributed by atoms with Crippen LogP contribution in [-0.4, -0.2) is 91.7 Å². The van der Waals surface area contributed by atoms with Gasteiger partial charge in [0.1, 0.15) is 0 Å². The van der Waals surface area contributed by atoms with Gasteiger partial charge in [0.2, 0.25) is 4.75 Å². The van der Waals surface area contributed by atoms with Gasteiger partial charge in [-0.1, -0.05) is 0 Å². The van der Waals surface area contributed by atoms with Gasteiger partial charge < -0.3 is 14.2 Å². The van der Waals surface area contributed by atoms with Crippen molar-refractivity contribution in [3.63, 3.8) is 0 Å². The van der Waals surface area contributed by atoms with Gasteiger partial charge in [-0.2, -0.15) is 34.8 Å². The molecule has 0 aliphatic heterocycles. The quantitative estimate of drug-likeness (QED) is 0.133. The van der Waals surface area contributed by atoms with E-state index in [1.165, 1.54) is 0 Å². The van der Waals surface area contributed by atoms with E-state index >= 15 is 0 Å². The van der Waals surface area contributed by atoms with E-state index in [4.69, 9.17) is 0 Å². The number of alkyl halides is 9. The molecule has 0 bridgehead atoms. The number of rotatable bonds is 15. The maximum Gasteiger partial charge on any atom is 0.331 e. The van der Waals surface area contributed by atoms with Crippen molar-refractivity contribution < 1.29 is 81.1 Å². The SMILES string of the molecule is CC(F)C(F)(F)COC(=O)CC(CC(=O)OCC(F)(F)C(C)F)(C(=O)OCC(F)(F)C(C)F)S(=O)(=O)O. The highest BCUT2D eigenvalue weighted by Gasteiger charge is 2.57. The Labute approximate surface area is 204 Å². The first-order chi connectivity index (χ1) is 16.4. The zero-order chi connectivity index (χ0) is 29.6. The Bertz CT molecular complexity index is 884.